The number of carbonyl (C=O) groups is 1. The van der Waals surface area contributed by atoms with Crippen molar-refractivity contribution in [1.29, 1.82) is 0 Å². The molecule has 92 valence electrons. The van der Waals surface area contributed by atoms with Crippen molar-refractivity contribution in [2.24, 2.45) is 0 Å². The molecular formula is C11H10Cl3NO2. The molecule has 0 N–H and O–H groups in total. The summed E-state index contributed by atoms with van der Waals surface area (Å²) in [5.74, 6) is -0.277. The number of nitrogens with zero attached hydrogens (tertiary/aromatic N) is 1. The molecule has 2 aliphatic carbocycles. The molecule has 0 bridgehead atoms. The fourth-order valence-corrected chi connectivity index (χ4v) is 2.03. The van der Waals surface area contributed by atoms with Gasteiger partial charge >= 0.3 is 0 Å². The van der Waals surface area contributed by atoms with E-state index in [1.54, 1.807) is 0 Å². The maximum absolute atomic E-state index is 10.9. The Morgan fingerprint density at radius 1 is 1.41 bits per heavy atom. The van der Waals surface area contributed by atoms with Gasteiger partial charge in [-0.2, -0.15) is 0 Å². The highest BCUT2D eigenvalue weighted by Crippen LogP contribution is 2.20. The Labute approximate surface area is 114 Å². The topological polar surface area (TPSA) is 29.5 Å². The van der Waals surface area contributed by atoms with E-state index in [4.69, 9.17) is 39.5 Å². The summed E-state index contributed by atoms with van der Waals surface area (Å²) in [6.07, 6.45) is 0. The van der Waals surface area contributed by atoms with E-state index in [1.165, 1.54) is 15.3 Å². The Balaban J connectivity index is 0.000000134. The largest absolute Gasteiger partial charge is 0.359 e. The Morgan fingerprint density at radius 2 is 2.18 bits per heavy atom. The lowest BCUT2D eigenvalue weighted by Gasteiger charge is -2.12. The number of amides is 1. The van der Waals surface area contributed by atoms with Crippen LogP contribution >= 0.6 is 34.8 Å². The monoisotopic (exact) mass is 293 g/mol. The van der Waals surface area contributed by atoms with Crippen LogP contribution in [0.5, 0.6) is 0 Å². The van der Waals surface area contributed by atoms with Gasteiger partial charge in [0.15, 0.2) is 4.84 Å². The van der Waals surface area contributed by atoms with E-state index < -0.39 is 4.84 Å². The SMILES string of the molecule is Clc1cc2ccc1=2.O=C(C(Cl)Cl)N1CCOC1. The quantitative estimate of drug-likeness (QED) is 0.757. The van der Waals surface area contributed by atoms with Gasteiger partial charge in [-0.3, -0.25) is 4.79 Å². The number of hydrogen-bond acceptors (Lipinski definition) is 2. The Morgan fingerprint density at radius 3 is 2.41 bits per heavy atom. The van der Waals surface area contributed by atoms with Crippen LogP contribution in [0.4, 0.5) is 0 Å². The highest BCUT2D eigenvalue weighted by atomic mass is 35.5. The average Bonchev–Trinajstić information content (AvgIpc) is 2.78. The van der Waals surface area contributed by atoms with E-state index in [2.05, 4.69) is 6.07 Å². The number of ether oxygens (including phenoxy) is 1. The van der Waals surface area contributed by atoms with Gasteiger partial charge in [-0.25, -0.2) is 0 Å². The standard InChI is InChI=1S/C6H3Cl.C5H7Cl2NO2/c7-6-3-4-1-2-5(4)6;6-4(7)5(9)8-1-2-10-3-8/h1-3H;4H,1-3H2. The molecule has 3 aliphatic rings. The van der Waals surface area contributed by atoms with Gasteiger partial charge in [0.25, 0.3) is 5.91 Å². The summed E-state index contributed by atoms with van der Waals surface area (Å²) in [6.45, 7) is 1.48. The summed E-state index contributed by atoms with van der Waals surface area (Å²) in [5, 5.41) is 3.46. The molecule has 1 heterocycles. The zero-order valence-electron chi connectivity index (χ0n) is 8.83. The van der Waals surface area contributed by atoms with Crippen LogP contribution in [-0.2, 0) is 9.53 Å². The van der Waals surface area contributed by atoms with Crippen molar-refractivity contribution in [3.8, 4) is 0 Å². The molecule has 0 atom stereocenters. The first-order valence-electron chi connectivity index (χ1n) is 5.04. The van der Waals surface area contributed by atoms with E-state index in [0.29, 0.717) is 19.9 Å². The number of hydrogen-bond donors (Lipinski definition) is 0. The van der Waals surface area contributed by atoms with Gasteiger partial charge in [0.2, 0.25) is 0 Å². The lowest BCUT2D eigenvalue weighted by atomic mass is 10.1. The predicted molar refractivity (Wildman–Crippen MR) is 67.2 cm³/mol. The van der Waals surface area contributed by atoms with Crippen LogP contribution in [0.15, 0.2) is 18.2 Å². The van der Waals surface area contributed by atoms with Gasteiger partial charge in [-0.05, 0) is 11.3 Å². The summed E-state index contributed by atoms with van der Waals surface area (Å²) in [6, 6.07) is 6.05. The van der Waals surface area contributed by atoms with Gasteiger partial charge < -0.3 is 9.64 Å². The van der Waals surface area contributed by atoms with E-state index >= 15 is 0 Å². The zero-order chi connectivity index (χ0) is 12.4. The third kappa shape index (κ3) is 2.86. The van der Waals surface area contributed by atoms with E-state index in [-0.39, 0.29) is 5.91 Å². The third-order valence-corrected chi connectivity index (χ3v) is 3.22. The van der Waals surface area contributed by atoms with Crippen molar-refractivity contribution >= 4 is 40.7 Å². The number of halogens is 3. The molecule has 1 saturated heterocycles. The number of benzene rings is 1. The van der Waals surface area contributed by atoms with Crippen LogP contribution in [-0.4, -0.2) is 35.5 Å². The second kappa shape index (κ2) is 5.44. The van der Waals surface area contributed by atoms with E-state index in [1.807, 2.05) is 12.1 Å². The van der Waals surface area contributed by atoms with Gasteiger partial charge in [0.1, 0.15) is 6.73 Å². The molecule has 0 spiro atoms. The summed E-state index contributed by atoms with van der Waals surface area (Å²) >= 11 is 16.3. The summed E-state index contributed by atoms with van der Waals surface area (Å²) < 4.78 is 4.92. The minimum Gasteiger partial charge on any atom is -0.359 e. The first-order valence-corrected chi connectivity index (χ1v) is 6.29. The lowest BCUT2D eigenvalue weighted by molar-refractivity contribution is -0.129. The van der Waals surface area contributed by atoms with Crippen LogP contribution in [0.2, 0.25) is 5.02 Å². The van der Waals surface area contributed by atoms with Crippen LogP contribution in [0.1, 0.15) is 0 Å². The second-order valence-electron chi connectivity index (χ2n) is 3.63. The Kier molecular flexibility index (Phi) is 4.15. The van der Waals surface area contributed by atoms with Gasteiger partial charge in [-0.1, -0.05) is 46.9 Å². The fraction of sp³-hybridized carbons (Fsp3) is 0.364. The van der Waals surface area contributed by atoms with Crippen molar-refractivity contribution in [2.45, 2.75) is 4.84 Å². The van der Waals surface area contributed by atoms with Crippen molar-refractivity contribution in [3.63, 3.8) is 0 Å². The van der Waals surface area contributed by atoms with E-state index in [9.17, 15) is 4.79 Å². The highest BCUT2D eigenvalue weighted by molar-refractivity contribution is 6.53. The maximum Gasteiger partial charge on any atom is 0.257 e. The van der Waals surface area contributed by atoms with Gasteiger partial charge in [0.05, 0.1) is 6.61 Å². The number of rotatable bonds is 1. The van der Waals surface area contributed by atoms with Crippen LogP contribution in [0.25, 0.3) is 0 Å². The summed E-state index contributed by atoms with van der Waals surface area (Å²) in [4.78, 5) is 11.4. The maximum atomic E-state index is 10.9. The minimum absolute atomic E-state index is 0.277. The van der Waals surface area contributed by atoms with Crippen LogP contribution in [0, 0.1) is 10.4 Å². The highest BCUT2D eigenvalue weighted by Gasteiger charge is 2.23. The first kappa shape index (κ1) is 13.0. The van der Waals surface area contributed by atoms with Crippen LogP contribution in [0.3, 0.4) is 0 Å². The molecule has 1 aliphatic heterocycles. The summed E-state index contributed by atoms with van der Waals surface area (Å²) in [7, 11) is 0. The molecule has 3 nitrogen and oxygen atoms in total. The first-order chi connectivity index (χ1) is 8.09. The van der Waals surface area contributed by atoms with Crippen molar-refractivity contribution in [1.82, 2.24) is 4.90 Å². The van der Waals surface area contributed by atoms with Crippen LogP contribution < -0.4 is 0 Å². The molecule has 1 amide bonds. The second-order valence-corrected chi connectivity index (χ2v) is 5.14. The molecule has 0 saturated carbocycles. The molecular weight excluding hydrogens is 284 g/mol. The summed E-state index contributed by atoms with van der Waals surface area (Å²) in [5.41, 5.74) is 0. The van der Waals surface area contributed by atoms with Crippen molar-refractivity contribution in [3.05, 3.63) is 33.7 Å². The number of alkyl halides is 2. The number of carbonyl (C=O) groups excluding carboxylic acids is 1. The molecule has 3 rings (SSSR count). The molecule has 0 aromatic rings. The molecule has 0 aromatic carbocycles. The zero-order valence-corrected chi connectivity index (χ0v) is 11.1. The van der Waals surface area contributed by atoms with E-state index in [0.717, 1.165) is 5.02 Å². The van der Waals surface area contributed by atoms with Gasteiger partial charge in [0, 0.05) is 16.8 Å². The fourth-order valence-electron chi connectivity index (χ4n) is 1.47. The molecule has 0 radical (unpaired) electrons. The average molecular weight is 295 g/mol. The van der Waals surface area contributed by atoms with Gasteiger partial charge in [-0.15, -0.1) is 0 Å². The Bertz CT molecular complexity index is 512. The predicted octanol–water partition coefficient (Wildman–Crippen LogP) is 2.55. The molecule has 6 heteroatoms. The smallest absolute Gasteiger partial charge is 0.257 e. The lowest BCUT2D eigenvalue weighted by Crippen LogP contribution is -2.32. The third-order valence-electron chi connectivity index (χ3n) is 2.53. The Hall–Kier alpha value is -0.480. The molecule has 0 unspecified atom stereocenters. The van der Waals surface area contributed by atoms with Crippen molar-refractivity contribution < 1.29 is 9.53 Å². The molecule has 17 heavy (non-hydrogen) atoms. The normalized spacial score (nSPS) is 15.6. The molecule has 1 fully saturated rings. The van der Waals surface area contributed by atoms with Crippen molar-refractivity contribution in [2.75, 3.05) is 19.9 Å². The minimum atomic E-state index is -0.957. The molecule has 0 aromatic heterocycles.